The van der Waals surface area contributed by atoms with Crippen LogP contribution in [0.5, 0.6) is 11.5 Å². The van der Waals surface area contributed by atoms with Gasteiger partial charge >= 0.3 is 0 Å². The third-order valence-corrected chi connectivity index (χ3v) is 7.14. The molecule has 1 aliphatic carbocycles. The van der Waals surface area contributed by atoms with Gasteiger partial charge in [-0.2, -0.15) is 0 Å². The zero-order valence-corrected chi connectivity index (χ0v) is 18.8. The molecule has 2 unspecified atom stereocenters. The lowest BCUT2D eigenvalue weighted by molar-refractivity contribution is 0.409. The summed E-state index contributed by atoms with van der Waals surface area (Å²) in [5, 5.41) is 0. The Morgan fingerprint density at radius 3 is 1.75 bits per heavy atom. The Morgan fingerprint density at radius 1 is 0.562 bits per heavy atom. The van der Waals surface area contributed by atoms with Crippen LogP contribution >= 0.6 is 0 Å². The van der Waals surface area contributed by atoms with Crippen LogP contribution in [-0.2, 0) is 10.8 Å². The second-order valence-electron chi connectivity index (χ2n) is 8.79. The van der Waals surface area contributed by atoms with Gasteiger partial charge in [-0.15, -0.1) is 0 Å². The molecule has 4 aromatic carbocycles. The summed E-state index contributed by atoms with van der Waals surface area (Å²) in [6, 6.07) is 36.9. The van der Waals surface area contributed by atoms with E-state index in [2.05, 4.69) is 97.9 Å². The highest BCUT2D eigenvalue weighted by Crippen LogP contribution is 2.58. The fourth-order valence-corrected chi connectivity index (χ4v) is 5.57. The van der Waals surface area contributed by atoms with Gasteiger partial charge in [0.25, 0.3) is 0 Å². The largest absolute Gasteiger partial charge is 0.497 e. The first-order valence-corrected chi connectivity index (χ1v) is 11.1. The van der Waals surface area contributed by atoms with Gasteiger partial charge in [-0.05, 0) is 58.5 Å². The van der Waals surface area contributed by atoms with Crippen LogP contribution in [0.2, 0.25) is 0 Å². The van der Waals surface area contributed by atoms with Gasteiger partial charge in [-0.3, -0.25) is 0 Å². The average molecular weight is 421 g/mol. The van der Waals surface area contributed by atoms with Gasteiger partial charge < -0.3 is 9.47 Å². The highest BCUT2D eigenvalue weighted by molar-refractivity contribution is 5.63. The van der Waals surface area contributed by atoms with Crippen molar-refractivity contribution in [1.29, 1.82) is 0 Å². The average Bonchev–Trinajstić information content (AvgIpc) is 3.16. The summed E-state index contributed by atoms with van der Waals surface area (Å²) in [5.41, 5.74) is 6.07. The number of methoxy groups -OCH3 is 2. The highest BCUT2D eigenvalue weighted by atomic mass is 16.5. The molecule has 0 N–H and O–H groups in total. The second kappa shape index (κ2) is 7.87. The molecule has 0 saturated heterocycles. The molecule has 0 spiro atoms. The van der Waals surface area contributed by atoms with E-state index in [0.29, 0.717) is 0 Å². The number of benzene rings is 4. The van der Waals surface area contributed by atoms with Gasteiger partial charge in [-0.25, -0.2) is 0 Å². The van der Waals surface area contributed by atoms with Crippen LogP contribution in [0.3, 0.4) is 0 Å². The molecule has 0 aromatic heterocycles. The summed E-state index contributed by atoms with van der Waals surface area (Å²) in [7, 11) is 3.46. The third-order valence-electron chi connectivity index (χ3n) is 7.14. The predicted octanol–water partition coefficient (Wildman–Crippen LogP) is 6.75. The Bertz CT molecular complexity index is 1250. The number of ether oxygens (including phenoxy) is 2. The molecule has 160 valence electrons. The lowest BCUT2D eigenvalue weighted by Gasteiger charge is -2.35. The highest BCUT2D eigenvalue weighted by Gasteiger charge is 2.52. The Morgan fingerprint density at radius 2 is 1.09 bits per heavy atom. The van der Waals surface area contributed by atoms with Crippen molar-refractivity contribution in [3.63, 3.8) is 0 Å². The molecule has 0 heterocycles. The van der Waals surface area contributed by atoms with E-state index in [0.717, 1.165) is 17.9 Å². The molecule has 2 heteroatoms. The molecular weight excluding hydrogens is 392 g/mol. The normalized spacial score (nSPS) is 21.7. The molecule has 5 rings (SSSR count). The molecule has 0 fully saturated rings. The fourth-order valence-electron chi connectivity index (χ4n) is 5.57. The quantitative estimate of drug-likeness (QED) is 0.356. The summed E-state index contributed by atoms with van der Waals surface area (Å²) in [6.45, 7) is 2.37. The van der Waals surface area contributed by atoms with E-state index >= 15 is 0 Å². The maximum Gasteiger partial charge on any atom is 0.119 e. The van der Waals surface area contributed by atoms with E-state index in [1.54, 1.807) is 14.2 Å². The molecule has 0 saturated carbocycles. The van der Waals surface area contributed by atoms with Crippen LogP contribution in [-0.4, -0.2) is 14.2 Å². The zero-order valence-electron chi connectivity index (χ0n) is 18.8. The maximum absolute atomic E-state index is 5.63. The minimum Gasteiger partial charge on any atom is -0.497 e. The fraction of sp³-hybridized carbons (Fsp3) is 0.200. The molecular formula is C30H28O2. The molecule has 4 aromatic rings. The predicted molar refractivity (Wildman–Crippen MR) is 130 cm³/mol. The standard InChI is InChI=1S/C30H28O2/c1-29(23-13-9-15-25(19-23)31-2)21-30(22-11-5-4-6-12-22,28-18-8-7-17-27(28)29)24-14-10-16-26(20-24)32-3/h4-20H,21H2,1-3H3. The monoisotopic (exact) mass is 420 g/mol. The minimum absolute atomic E-state index is 0.177. The van der Waals surface area contributed by atoms with Crippen molar-refractivity contribution in [3.8, 4) is 11.5 Å². The van der Waals surface area contributed by atoms with Crippen molar-refractivity contribution in [2.24, 2.45) is 0 Å². The Kier molecular flexibility index (Phi) is 5.01. The Labute approximate surface area is 190 Å². The molecule has 2 atom stereocenters. The first-order valence-electron chi connectivity index (χ1n) is 11.1. The van der Waals surface area contributed by atoms with E-state index in [4.69, 9.17) is 9.47 Å². The summed E-state index contributed by atoms with van der Waals surface area (Å²) in [6.07, 6.45) is 0.920. The SMILES string of the molecule is COc1cccc(C2(C)CC(c3ccccc3)(c3cccc(OC)c3)c3ccccc32)c1. The lowest BCUT2D eigenvalue weighted by atomic mass is 9.67. The molecule has 0 amide bonds. The van der Waals surface area contributed by atoms with Crippen LogP contribution in [0.25, 0.3) is 0 Å². The van der Waals surface area contributed by atoms with Crippen molar-refractivity contribution in [1.82, 2.24) is 0 Å². The van der Waals surface area contributed by atoms with Crippen molar-refractivity contribution < 1.29 is 9.47 Å². The number of hydrogen-bond donors (Lipinski definition) is 0. The first kappa shape index (κ1) is 20.4. The first-order chi connectivity index (χ1) is 15.6. The van der Waals surface area contributed by atoms with Gasteiger partial charge in [0.05, 0.1) is 14.2 Å². The molecule has 32 heavy (non-hydrogen) atoms. The van der Waals surface area contributed by atoms with Gasteiger partial charge in [0.2, 0.25) is 0 Å². The Hall–Kier alpha value is -3.52. The van der Waals surface area contributed by atoms with Crippen molar-refractivity contribution in [2.75, 3.05) is 14.2 Å². The van der Waals surface area contributed by atoms with E-state index in [9.17, 15) is 0 Å². The van der Waals surface area contributed by atoms with Crippen molar-refractivity contribution in [3.05, 3.63) is 131 Å². The molecule has 1 aliphatic rings. The van der Waals surface area contributed by atoms with E-state index in [-0.39, 0.29) is 10.8 Å². The van der Waals surface area contributed by atoms with Gasteiger partial charge in [0, 0.05) is 10.8 Å². The third kappa shape index (κ3) is 3.02. The minimum atomic E-state index is -0.287. The zero-order chi connectivity index (χ0) is 22.2. The lowest BCUT2D eigenvalue weighted by Crippen LogP contribution is -2.30. The molecule has 0 radical (unpaired) electrons. The summed E-state index contributed by atoms with van der Waals surface area (Å²) < 4.78 is 11.2. The van der Waals surface area contributed by atoms with Crippen LogP contribution in [0, 0.1) is 0 Å². The van der Waals surface area contributed by atoms with Crippen LogP contribution in [0.15, 0.2) is 103 Å². The summed E-state index contributed by atoms with van der Waals surface area (Å²) in [4.78, 5) is 0. The van der Waals surface area contributed by atoms with Gasteiger partial charge in [0.15, 0.2) is 0 Å². The number of rotatable bonds is 5. The smallest absolute Gasteiger partial charge is 0.119 e. The van der Waals surface area contributed by atoms with Crippen molar-refractivity contribution >= 4 is 0 Å². The number of fused-ring (bicyclic) bond motifs is 1. The second-order valence-corrected chi connectivity index (χ2v) is 8.79. The number of hydrogen-bond acceptors (Lipinski definition) is 2. The molecule has 0 bridgehead atoms. The topological polar surface area (TPSA) is 18.5 Å². The summed E-state index contributed by atoms with van der Waals surface area (Å²) in [5.74, 6) is 1.77. The van der Waals surface area contributed by atoms with E-state index in [1.807, 2.05) is 12.1 Å². The van der Waals surface area contributed by atoms with Crippen molar-refractivity contribution in [2.45, 2.75) is 24.2 Å². The van der Waals surface area contributed by atoms with Gasteiger partial charge in [-0.1, -0.05) is 85.8 Å². The maximum atomic E-state index is 5.63. The molecule has 2 nitrogen and oxygen atoms in total. The summed E-state index contributed by atoms with van der Waals surface area (Å²) >= 11 is 0. The van der Waals surface area contributed by atoms with E-state index in [1.165, 1.54) is 27.8 Å². The van der Waals surface area contributed by atoms with Crippen LogP contribution in [0.1, 0.15) is 41.2 Å². The van der Waals surface area contributed by atoms with Gasteiger partial charge in [0.1, 0.15) is 11.5 Å². The van der Waals surface area contributed by atoms with E-state index < -0.39 is 0 Å². The van der Waals surface area contributed by atoms with Crippen LogP contribution < -0.4 is 9.47 Å². The molecule has 0 aliphatic heterocycles. The Balaban J connectivity index is 1.82. The van der Waals surface area contributed by atoms with Crippen LogP contribution in [0.4, 0.5) is 0 Å².